The van der Waals surface area contributed by atoms with E-state index < -0.39 is 24.7 Å². The average molecular weight is 327 g/mol. The fourth-order valence-corrected chi connectivity index (χ4v) is 3.38. The highest BCUT2D eigenvalue weighted by molar-refractivity contribution is 7.59. The predicted molar refractivity (Wildman–Crippen MR) is 88.3 cm³/mol. The molecule has 1 N–H and O–H groups in total. The van der Waals surface area contributed by atoms with Crippen LogP contribution >= 0.6 is 7.52 Å². The summed E-state index contributed by atoms with van der Waals surface area (Å²) in [6.07, 6.45) is -0.221. The van der Waals surface area contributed by atoms with Crippen LogP contribution in [0.1, 0.15) is 41.5 Å². The monoisotopic (exact) mass is 327 g/mol. The van der Waals surface area contributed by atoms with Crippen LogP contribution in [0.3, 0.4) is 0 Å². The van der Waals surface area contributed by atoms with Gasteiger partial charge in [0, 0.05) is 0 Å². The van der Waals surface area contributed by atoms with Crippen molar-refractivity contribution in [3.8, 4) is 5.75 Å². The summed E-state index contributed by atoms with van der Waals surface area (Å²) >= 11 is 0. The van der Waals surface area contributed by atoms with E-state index in [1.807, 2.05) is 26.8 Å². The third kappa shape index (κ3) is 5.15. The van der Waals surface area contributed by atoms with E-state index in [4.69, 9.17) is 9.26 Å². The lowest BCUT2D eigenvalue weighted by atomic mass is 10.3. The van der Waals surface area contributed by atoms with Gasteiger partial charge in [0.25, 0.3) is 0 Å². The molecule has 1 rings (SSSR count). The number of benzene rings is 1. The fraction of sp³-hybridized carbons (Fsp3) is 0.562. The zero-order chi connectivity index (χ0) is 17.0. The second-order valence-corrected chi connectivity index (χ2v) is 9.35. The van der Waals surface area contributed by atoms with Crippen molar-refractivity contribution < 1.29 is 18.6 Å². The van der Waals surface area contributed by atoms with Crippen LogP contribution in [0.5, 0.6) is 5.75 Å². The second-order valence-electron chi connectivity index (χ2n) is 6.46. The van der Waals surface area contributed by atoms with Crippen molar-refractivity contribution in [3.63, 3.8) is 0 Å². The van der Waals surface area contributed by atoms with Gasteiger partial charge >= 0.3 is 13.5 Å². The molecule has 0 spiro atoms. The molecule has 0 radical (unpaired) electrons. The number of hydrogen-bond donors (Lipinski definition) is 1. The number of ether oxygens (including phenoxy) is 1. The number of hydrogen-bond acceptors (Lipinski definition) is 4. The number of carbonyl (C=O) groups excluding carboxylic acids is 1. The molecule has 124 valence electrons. The Morgan fingerprint density at radius 2 is 1.68 bits per heavy atom. The molecule has 0 aliphatic rings. The minimum atomic E-state index is -3.33. The summed E-state index contributed by atoms with van der Waals surface area (Å²) in [4.78, 5) is 11.9. The van der Waals surface area contributed by atoms with Gasteiger partial charge in [-0.1, -0.05) is 18.2 Å². The van der Waals surface area contributed by atoms with Crippen molar-refractivity contribution in [2.75, 3.05) is 0 Å². The molecule has 1 aromatic rings. The van der Waals surface area contributed by atoms with Crippen molar-refractivity contribution in [1.29, 1.82) is 0 Å². The van der Waals surface area contributed by atoms with Gasteiger partial charge in [0.2, 0.25) is 0 Å². The van der Waals surface area contributed by atoms with Gasteiger partial charge in [-0.2, -0.15) is 0 Å². The molecule has 0 unspecified atom stereocenters. The summed E-state index contributed by atoms with van der Waals surface area (Å²) in [6.45, 7) is 10.6. The number of rotatable bonds is 6. The molecule has 5 nitrogen and oxygen atoms in total. The largest absolute Gasteiger partial charge is 0.462 e. The zero-order valence-electron chi connectivity index (χ0n) is 14.1. The Morgan fingerprint density at radius 3 is 2.14 bits per heavy atom. The lowest BCUT2D eigenvalue weighted by Crippen LogP contribution is -2.40. The van der Waals surface area contributed by atoms with Crippen molar-refractivity contribution >= 4 is 13.5 Å². The van der Waals surface area contributed by atoms with Gasteiger partial charge < -0.3 is 9.26 Å². The smallest absolute Gasteiger partial charge is 0.323 e. The van der Waals surface area contributed by atoms with Crippen molar-refractivity contribution in [3.05, 3.63) is 30.3 Å². The van der Waals surface area contributed by atoms with Gasteiger partial charge in [-0.25, -0.2) is 5.09 Å². The maximum atomic E-state index is 13.3. The minimum Gasteiger partial charge on any atom is -0.462 e. The molecule has 0 bridgehead atoms. The molecule has 0 amide bonds. The zero-order valence-corrected chi connectivity index (χ0v) is 15.0. The van der Waals surface area contributed by atoms with Crippen molar-refractivity contribution in [1.82, 2.24) is 5.09 Å². The molecule has 0 aliphatic heterocycles. The highest BCUT2D eigenvalue weighted by Gasteiger charge is 2.42. The first-order valence-corrected chi connectivity index (χ1v) is 9.01. The first kappa shape index (κ1) is 18.7. The topological polar surface area (TPSA) is 64.6 Å². The lowest BCUT2D eigenvalue weighted by Gasteiger charge is -2.33. The molecule has 0 fully saturated rings. The average Bonchev–Trinajstić information content (AvgIpc) is 2.37. The van der Waals surface area contributed by atoms with E-state index >= 15 is 0 Å². The van der Waals surface area contributed by atoms with E-state index in [1.54, 1.807) is 45.0 Å². The van der Waals surface area contributed by atoms with Gasteiger partial charge in [-0.05, 0) is 53.7 Å². The summed E-state index contributed by atoms with van der Waals surface area (Å²) in [6, 6.07) is 8.20. The molecule has 22 heavy (non-hydrogen) atoms. The van der Waals surface area contributed by atoms with E-state index in [2.05, 4.69) is 5.09 Å². The lowest BCUT2D eigenvalue weighted by molar-refractivity contribution is -0.149. The Hall–Kier alpha value is -1.32. The predicted octanol–water partition coefficient (Wildman–Crippen LogP) is 3.99. The van der Waals surface area contributed by atoms with Crippen LogP contribution in [0.15, 0.2) is 30.3 Å². The summed E-state index contributed by atoms with van der Waals surface area (Å²) in [5.74, 6) is 0.0498. The Kier molecular flexibility index (Phi) is 6.21. The van der Waals surface area contributed by atoms with Crippen molar-refractivity contribution in [2.24, 2.45) is 0 Å². The van der Waals surface area contributed by atoms with Crippen LogP contribution in [0.25, 0.3) is 0 Å². The summed E-state index contributed by atoms with van der Waals surface area (Å²) in [5, 5.41) is 2.17. The molecule has 1 aromatic carbocycles. The van der Waals surface area contributed by atoms with Crippen LogP contribution in [0.4, 0.5) is 0 Å². The molecule has 0 saturated carbocycles. The molecule has 0 saturated heterocycles. The number of carbonyl (C=O) groups is 1. The maximum Gasteiger partial charge on any atom is 0.323 e. The van der Waals surface area contributed by atoms with E-state index in [0.29, 0.717) is 5.75 Å². The van der Waals surface area contributed by atoms with Crippen LogP contribution < -0.4 is 9.61 Å². The maximum absolute atomic E-state index is 13.3. The third-order valence-corrected chi connectivity index (χ3v) is 5.89. The Morgan fingerprint density at radius 1 is 1.14 bits per heavy atom. The fourth-order valence-electron chi connectivity index (χ4n) is 1.63. The Bertz CT molecular complexity index is 537. The Labute approximate surface area is 132 Å². The Balaban J connectivity index is 2.94. The summed E-state index contributed by atoms with van der Waals surface area (Å²) in [7, 11) is -3.33. The van der Waals surface area contributed by atoms with E-state index in [0.717, 1.165) is 0 Å². The van der Waals surface area contributed by atoms with Crippen LogP contribution in [0.2, 0.25) is 0 Å². The normalized spacial score (nSPS) is 16.0. The van der Waals surface area contributed by atoms with Gasteiger partial charge in [0.15, 0.2) is 0 Å². The first-order chi connectivity index (χ1) is 10.0. The second kappa shape index (κ2) is 7.30. The van der Waals surface area contributed by atoms with Gasteiger partial charge in [-0.3, -0.25) is 9.36 Å². The summed E-state index contributed by atoms with van der Waals surface area (Å²) < 4.78 is 24.1. The molecule has 2 atom stereocenters. The van der Waals surface area contributed by atoms with Crippen LogP contribution in [0, 0.1) is 0 Å². The molecular weight excluding hydrogens is 301 g/mol. The summed E-state index contributed by atoms with van der Waals surface area (Å²) in [5.41, 5.74) is 0. The van der Waals surface area contributed by atoms with Crippen LogP contribution in [-0.4, -0.2) is 23.3 Å². The number of para-hydroxylation sites is 1. The van der Waals surface area contributed by atoms with Gasteiger partial charge in [0.1, 0.15) is 11.8 Å². The van der Waals surface area contributed by atoms with Crippen LogP contribution in [-0.2, 0) is 14.1 Å². The van der Waals surface area contributed by atoms with E-state index in [1.165, 1.54) is 0 Å². The van der Waals surface area contributed by atoms with Gasteiger partial charge in [-0.15, -0.1) is 0 Å². The van der Waals surface area contributed by atoms with E-state index in [9.17, 15) is 9.36 Å². The third-order valence-electron chi connectivity index (χ3n) is 2.93. The molecular formula is C16H26NO4P. The molecule has 0 heterocycles. The molecule has 6 heteroatoms. The highest BCUT2D eigenvalue weighted by atomic mass is 31.2. The van der Waals surface area contributed by atoms with Gasteiger partial charge in [0.05, 0.1) is 11.3 Å². The molecule has 0 aromatic heterocycles. The molecule has 0 aliphatic carbocycles. The quantitative estimate of drug-likeness (QED) is 0.632. The van der Waals surface area contributed by atoms with Crippen molar-refractivity contribution in [2.45, 2.75) is 58.8 Å². The minimum absolute atomic E-state index is 0.221. The number of nitrogens with one attached hydrogen (secondary N) is 1. The van der Waals surface area contributed by atoms with E-state index in [-0.39, 0.29) is 6.10 Å². The first-order valence-electron chi connectivity index (χ1n) is 7.38. The SMILES string of the molecule is CC(C)OC(=O)[C@@H](C)N[P@@](=O)(Oc1ccccc1)C(C)(C)C. The number of esters is 1. The standard InChI is InChI=1S/C16H26NO4P/c1-12(2)20-15(18)13(3)17-22(19,16(4,5)6)21-14-10-8-7-9-11-14/h7-13H,1-6H3,(H,17,19)/t13-,22+/m1/s1. The highest BCUT2D eigenvalue weighted by Crippen LogP contribution is 2.55.